The van der Waals surface area contributed by atoms with Crippen LogP contribution in [0.5, 0.6) is 5.75 Å². The van der Waals surface area contributed by atoms with Crippen LogP contribution < -0.4 is 4.74 Å². The maximum Gasteiger partial charge on any atom is 0.188 e. The van der Waals surface area contributed by atoms with Crippen molar-refractivity contribution in [2.75, 3.05) is 6.61 Å². The molecule has 15 heavy (non-hydrogen) atoms. The molecule has 0 radical (unpaired) electrons. The number of Topliss-reactive ketones (excluding diaryl/α,β-unsaturated/α-hetero) is 1. The summed E-state index contributed by atoms with van der Waals surface area (Å²) in [5.41, 5.74) is 0.145. The number of carbonyl (C=O) groups excluding carboxylic acids is 1. The Kier molecular flexibility index (Phi) is 3.80. The van der Waals surface area contributed by atoms with Gasteiger partial charge in [0.1, 0.15) is 6.61 Å². The van der Waals surface area contributed by atoms with Crippen LogP contribution >= 0.6 is 0 Å². The molecule has 82 valence electrons. The molecule has 0 aromatic heterocycles. The molecular formula is C11H13FO3. The van der Waals surface area contributed by atoms with Gasteiger partial charge < -0.3 is 9.84 Å². The minimum absolute atomic E-state index is 0.111. The smallest absolute Gasteiger partial charge is 0.188 e. The van der Waals surface area contributed by atoms with Crippen LogP contribution in [0, 0.1) is 5.82 Å². The Labute approximate surface area is 87.5 Å². The summed E-state index contributed by atoms with van der Waals surface area (Å²) < 4.78 is 18.5. The highest BCUT2D eigenvalue weighted by molar-refractivity contribution is 5.97. The van der Waals surface area contributed by atoms with Gasteiger partial charge in [0.05, 0.1) is 6.10 Å². The van der Waals surface area contributed by atoms with E-state index in [0.717, 1.165) is 6.07 Å². The van der Waals surface area contributed by atoms with E-state index in [0.29, 0.717) is 0 Å². The zero-order valence-corrected chi connectivity index (χ0v) is 8.66. The van der Waals surface area contributed by atoms with Crippen LogP contribution in [0.1, 0.15) is 24.2 Å². The van der Waals surface area contributed by atoms with Gasteiger partial charge in [-0.1, -0.05) is 0 Å². The second-order valence-corrected chi connectivity index (χ2v) is 3.39. The van der Waals surface area contributed by atoms with E-state index in [1.165, 1.54) is 12.1 Å². The molecule has 0 aliphatic rings. The van der Waals surface area contributed by atoms with Crippen LogP contribution in [0.25, 0.3) is 0 Å². The lowest BCUT2D eigenvalue weighted by Gasteiger charge is -2.10. The summed E-state index contributed by atoms with van der Waals surface area (Å²) in [5, 5.41) is 8.59. The first-order chi connectivity index (χ1) is 7.04. The molecule has 0 amide bonds. The Morgan fingerprint density at radius 2 is 2.20 bits per heavy atom. The molecule has 0 bridgehead atoms. The van der Waals surface area contributed by atoms with Crippen LogP contribution in [0.4, 0.5) is 4.39 Å². The molecule has 1 N–H and O–H groups in total. The number of ether oxygens (including phenoxy) is 1. The summed E-state index contributed by atoms with van der Waals surface area (Å²) in [7, 11) is 0. The third-order valence-corrected chi connectivity index (χ3v) is 1.76. The van der Waals surface area contributed by atoms with Gasteiger partial charge >= 0.3 is 0 Å². The monoisotopic (exact) mass is 212 g/mol. The molecule has 1 rings (SSSR count). The quantitative estimate of drug-likeness (QED) is 0.774. The van der Waals surface area contributed by atoms with Gasteiger partial charge in [-0.2, -0.15) is 0 Å². The lowest BCUT2D eigenvalue weighted by Crippen LogP contribution is -2.09. The van der Waals surface area contributed by atoms with Gasteiger partial charge in [-0.15, -0.1) is 0 Å². The van der Waals surface area contributed by atoms with Crippen LogP contribution in [-0.4, -0.2) is 23.6 Å². The topological polar surface area (TPSA) is 46.5 Å². The van der Waals surface area contributed by atoms with Gasteiger partial charge in [-0.25, -0.2) is 4.39 Å². The van der Waals surface area contributed by atoms with Gasteiger partial charge in [0.25, 0.3) is 0 Å². The Morgan fingerprint density at radius 3 is 2.67 bits per heavy atom. The van der Waals surface area contributed by atoms with E-state index >= 15 is 0 Å². The van der Waals surface area contributed by atoms with Gasteiger partial charge in [-0.05, 0) is 32.0 Å². The van der Waals surface area contributed by atoms with E-state index in [2.05, 4.69) is 0 Å². The second kappa shape index (κ2) is 4.89. The molecule has 1 aromatic carbocycles. The van der Waals surface area contributed by atoms with E-state index in [9.17, 15) is 9.18 Å². The first-order valence-corrected chi connectivity index (χ1v) is 4.65. The highest BCUT2D eigenvalue weighted by Gasteiger charge is 2.10. The number of aliphatic hydroxyl groups excluding tert-OH is 1. The van der Waals surface area contributed by atoms with Crippen LogP contribution in [-0.2, 0) is 0 Å². The number of hydrogen-bond acceptors (Lipinski definition) is 3. The number of ketones is 1. The van der Waals surface area contributed by atoms with Gasteiger partial charge in [-0.3, -0.25) is 4.79 Å². The first kappa shape index (κ1) is 11.7. The highest BCUT2D eigenvalue weighted by Crippen LogP contribution is 2.19. The Hall–Kier alpha value is -1.42. The fraction of sp³-hybridized carbons (Fsp3) is 0.364. The van der Waals surface area contributed by atoms with Crippen molar-refractivity contribution < 1.29 is 19.0 Å². The summed E-state index contributed by atoms with van der Waals surface area (Å²) in [5.74, 6) is -0.993. The minimum Gasteiger partial charge on any atom is -0.488 e. The predicted octanol–water partition coefficient (Wildman–Crippen LogP) is 1.79. The lowest BCUT2D eigenvalue weighted by molar-refractivity contribution is 0.0903. The lowest BCUT2D eigenvalue weighted by atomic mass is 10.1. The fourth-order valence-corrected chi connectivity index (χ4v) is 1.12. The Balaban J connectivity index is 2.93. The number of halogens is 1. The summed E-state index contributed by atoms with van der Waals surface area (Å²) >= 11 is 0. The van der Waals surface area contributed by atoms with Crippen molar-refractivity contribution in [3.8, 4) is 5.75 Å². The van der Waals surface area contributed by atoms with E-state index < -0.39 is 18.2 Å². The van der Waals surface area contributed by atoms with Crippen molar-refractivity contribution in [1.29, 1.82) is 0 Å². The van der Waals surface area contributed by atoms with E-state index in [4.69, 9.17) is 9.84 Å². The third-order valence-electron chi connectivity index (χ3n) is 1.76. The Bertz CT molecular complexity index is 361. The molecule has 3 nitrogen and oxygen atoms in total. The first-order valence-electron chi connectivity index (χ1n) is 4.65. The number of hydrogen-bond donors (Lipinski definition) is 1. The maximum absolute atomic E-state index is 13.3. The van der Waals surface area contributed by atoms with Crippen LogP contribution in [0.15, 0.2) is 18.2 Å². The van der Waals surface area contributed by atoms with Crippen LogP contribution in [0.3, 0.4) is 0 Å². The van der Waals surface area contributed by atoms with E-state index in [1.54, 1.807) is 13.8 Å². The Morgan fingerprint density at radius 1 is 1.53 bits per heavy atom. The molecule has 0 spiro atoms. The van der Waals surface area contributed by atoms with Gasteiger partial charge in [0.15, 0.2) is 17.3 Å². The molecular weight excluding hydrogens is 199 g/mol. The summed E-state index contributed by atoms with van der Waals surface area (Å²) in [6.07, 6.45) is -0.126. The molecule has 0 fully saturated rings. The number of carbonyl (C=O) groups is 1. The molecule has 1 aromatic rings. The number of aliphatic hydroxyl groups is 1. The second-order valence-electron chi connectivity index (χ2n) is 3.39. The summed E-state index contributed by atoms with van der Waals surface area (Å²) in [4.78, 5) is 11.0. The molecule has 4 heteroatoms. The molecule has 0 saturated heterocycles. The molecule has 0 aliphatic heterocycles. The van der Waals surface area contributed by atoms with Crippen molar-refractivity contribution in [2.45, 2.75) is 20.0 Å². The van der Waals surface area contributed by atoms with Crippen molar-refractivity contribution in [3.05, 3.63) is 29.6 Å². The largest absolute Gasteiger partial charge is 0.488 e. The molecule has 0 atom stereocenters. The summed E-state index contributed by atoms with van der Waals surface area (Å²) in [6, 6.07) is 3.88. The normalized spacial score (nSPS) is 10.5. The highest BCUT2D eigenvalue weighted by atomic mass is 19.1. The standard InChI is InChI=1S/C11H13FO3/c1-7(2)15-11-4-3-8(5-9(11)12)10(14)6-13/h3-5,7,13H,6H2,1-2H3. The molecule has 0 saturated carbocycles. The molecule has 0 heterocycles. The van der Waals surface area contributed by atoms with Crippen LogP contribution in [0.2, 0.25) is 0 Å². The molecule has 0 unspecified atom stereocenters. The van der Waals surface area contributed by atoms with Crippen molar-refractivity contribution in [2.24, 2.45) is 0 Å². The fourth-order valence-electron chi connectivity index (χ4n) is 1.12. The van der Waals surface area contributed by atoms with Crippen molar-refractivity contribution in [1.82, 2.24) is 0 Å². The van der Waals surface area contributed by atoms with Gasteiger partial charge in [0, 0.05) is 5.56 Å². The average Bonchev–Trinajstić information content (AvgIpc) is 2.19. The number of benzene rings is 1. The van der Waals surface area contributed by atoms with E-state index in [-0.39, 0.29) is 17.4 Å². The van der Waals surface area contributed by atoms with Crippen molar-refractivity contribution >= 4 is 5.78 Å². The van der Waals surface area contributed by atoms with Crippen molar-refractivity contribution in [3.63, 3.8) is 0 Å². The molecule has 0 aliphatic carbocycles. The SMILES string of the molecule is CC(C)Oc1ccc(C(=O)CO)cc1F. The van der Waals surface area contributed by atoms with Gasteiger partial charge in [0.2, 0.25) is 0 Å². The number of rotatable bonds is 4. The maximum atomic E-state index is 13.3. The third kappa shape index (κ3) is 3.02. The minimum atomic E-state index is -0.621. The zero-order valence-electron chi connectivity index (χ0n) is 8.66. The predicted molar refractivity (Wildman–Crippen MR) is 53.6 cm³/mol. The average molecular weight is 212 g/mol. The zero-order chi connectivity index (χ0) is 11.4. The summed E-state index contributed by atoms with van der Waals surface area (Å²) in [6.45, 7) is 2.95. The van der Waals surface area contributed by atoms with E-state index in [1.807, 2.05) is 0 Å².